The van der Waals surface area contributed by atoms with Crippen LogP contribution in [0.5, 0.6) is 0 Å². The van der Waals surface area contributed by atoms with E-state index < -0.39 is 0 Å². The van der Waals surface area contributed by atoms with Gasteiger partial charge in [-0.15, -0.1) is 0 Å². The molecule has 0 amide bonds. The summed E-state index contributed by atoms with van der Waals surface area (Å²) < 4.78 is 0. The van der Waals surface area contributed by atoms with Crippen molar-refractivity contribution in [1.29, 1.82) is 0 Å². The Morgan fingerprint density at radius 3 is 2.11 bits per heavy atom. The third-order valence-electron chi connectivity index (χ3n) is 5.63. The lowest BCUT2D eigenvalue weighted by Crippen LogP contribution is -2.57. The molecule has 2 fully saturated rings. The average Bonchev–Trinajstić information content (AvgIpc) is 2.30. The van der Waals surface area contributed by atoms with Gasteiger partial charge in [-0.05, 0) is 51.5 Å². The van der Waals surface area contributed by atoms with Gasteiger partial charge in [-0.1, -0.05) is 13.8 Å². The average molecular weight is 267 g/mol. The normalized spacial score (nSPS) is 46.4. The lowest BCUT2D eigenvalue weighted by Gasteiger charge is -2.46. The van der Waals surface area contributed by atoms with Gasteiger partial charge in [0.05, 0.1) is 0 Å². The van der Waals surface area contributed by atoms with Gasteiger partial charge < -0.3 is 5.73 Å². The van der Waals surface area contributed by atoms with Crippen molar-refractivity contribution in [1.82, 2.24) is 9.80 Å². The Kier molecular flexibility index (Phi) is 4.91. The van der Waals surface area contributed by atoms with Gasteiger partial charge in [0.1, 0.15) is 0 Å². The third kappa shape index (κ3) is 3.50. The summed E-state index contributed by atoms with van der Waals surface area (Å²) in [6, 6.07) is 1.74. The molecule has 0 aromatic carbocycles. The summed E-state index contributed by atoms with van der Waals surface area (Å²) in [6.07, 6.45) is 2.57. The molecular formula is C16H33N3. The maximum atomic E-state index is 6.44. The van der Waals surface area contributed by atoms with Crippen LogP contribution in [0, 0.1) is 17.8 Å². The molecule has 1 aliphatic heterocycles. The standard InChI is InChI=1S/C16H33N3/c1-11-6-12(2)15(16(17)7-11)10-19-8-13(3)18(5)14(4)9-19/h11-16H,6-10,17H2,1-5H3. The van der Waals surface area contributed by atoms with Crippen molar-refractivity contribution in [2.24, 2.45) is 23.5 Å². The molecule has 19 heavy (non-hydrogen) atoms. The van der Waals surface area contributed by atoms with Crippen LogP contribution < -0.4 is 5.73 Å². The van der Waals surface area contributed by atoms with E-state index in [9.17, 15) is 0 Å². The Balaban J connectivity index is 1.93. The second-order valence-corrected chi connectivity index (χ2v) is 7.46. The third-order valence-corrected chi connectivity index (χ3v) is 5.63. The van der Waals surface area contributed by atoms with E-state index in [1.54, 1.807) is 0 Å². The number of piperazine rings is 1. The summed E-state index contributed by atoms with van der Waals surface area (Å²) >= 11 is 0. The van der Waals surface area contributed by atoms with Gasteiger partial charge in [-0.25, -0.2) is 0 Å². The molecule has 3 nitrogen and oxygen atoms in total. The maximum absolute atomic E-state index is 6.44. The second-order valence-electron chi connectivity index (χ2n) is 7.46. The fourth-order valence-electron chi connectivity index (χ4n) is 4.24. The van der Waals surface area contributed by atoms with Crippen molar-refractivity contribution in [2.75, 3.05) is 26.7 Å². The zero-order valence-corrected chi connectivity index (χ0v) is 13.5. The minimum Gasteiger partial charge on any atom is -0.327 e. The summed E-state index contributed by atoms with van der Waals surface area (Å²) in [4.78, 5) is 5.16. The monoisotopic (exact) mass is 267 g/mol. The molecule has 0 spiro atoms. The van der Waals surface area contributed by atoms with E-state index in [1.165, 1.54) is 32.5 Å². The zero-order chi connectivity index (χ0) is 14.2. The van der Waals surface area contributed by atoms with E-state index >= 15 is 0 Å². The Hall–Kier alpha value is -0.120. The Morgan fingerprint density at radius 2 is 1.58 bits per heavy atom. The maximum Gasteiger partial charge on any atom is 0.0195 e. The van der Waals surface area contributed by atoms with Crippen molar-refractivity contribution < 1.29 is 0 Å². The van der Waals surface area contributed by atoms with Crippen molar-refractivity contribution in [3.05, 3.63) is 0 Å². The minimum absolute atomic E-state index is 0.406. The quantitative estimate of drug-likeness (QED) is 0.831. The molecule has 6 atom stereocenters. The largest absolute Gasteiger partial charge is 0.327 e. The lowest BCUT2D eigenvalue weighted by molar-refractivity contribution is 0.0314. The second kappa shape index (κ2) is 6.11. The number of likely N-dealkylation sites (N-methyl/N-ethyl adjacent to an activating group) is 1. The highest BCUT2D eigenvalue weighted by atomic mass is 15.3. The molecule has 2 aliphatic rings. The van der Waals surface area contributed by atoms with Crippen LogP contribution in [0.1, 0.15) is 40.5 Å². The highest BCUT2D eigenvalue weighted by Gasteiger charge is 2.35. The molecule has 0 aromatic heterocycles. The van der Waals surface area contributed by atoms with Crippen LogP contribution in [0.2, 0.25) is 0 Å². The highest BCUT2D eigenvalue weighted by molar-refractivity contribution is 4.90. The first-order valence-corrected chi connectivity index (χ1v) is 8.08. The minimum atomic E-state index is 0.406. The molecule has 1 saturated carbocycles. The highest BCUT2D eigenvalue weighted by Crippen LogP contribution is 2.33. The Morgan fingerprint density at radius 1 is 1.00 bits per heavy atom. The van der Waals surface area contributed by atoms with Crippen LogP contribution in [-0.4, -0.2) is 54.6 Å². The molecule has 6 unspecified atom stereocenters. The van der Waals surface area contributed by atoms with Gasteiger partial charge in [0.25, 0.3) is 0 Å². The first-order chi connectivity index (χ1) is 8.88. The van der Waals surface area contributed by atoms with Crippen LogP contribution in [0.15, 0.2) is 0 Å². The van der Waals surface area contributed by atoms with Crippen LogP contribution in [0.3, 0.4) is 0 Å². The fourth-order valence-corrected chi connectivity index (χ4v) is 4.24. The molecule has 2 rings (SSSR count). The van der Waals surface area contributed by atoms with E-state index in [-0.39, 0.29) is 0 Å². The van der Waals surface area contributed by atoms with Gasteiger partial charge in [0.15, 0.2) is 0 Å². The summed E-state index contributed by atoms with van der Waals surface area (Å²) in [5.41, 5.74) is 6.44. The number of nitrogens with two attached hydrogens (primary N) is 1. The zero-order valence-electron chi connectivity index (χ0n) is 13.5. The van der Waals surface area contributed by atoms with Gasteiger partial charge in [-0.2, -0.15) is 0 Å². The van der Waals surface area contributed by atoms with Crippen molar-refractivity contribution >= 4 is 0 Å². The summed E-state index contributed by atoms with van der Waals surface area (Å²) in [5, 5.41) is 0. The Labute approximate surface area is 119 Å². The first-order valence-electron chi connectivity index (χ1n) is 8.08. The SMILES string of the molecule is CC1CC(C)C(CN2CC(C)N(C)C(C)C2)C(N)C1. The lowest BCUT2D eigenvalue weighted by atomic mass is 9.72. The molecule has 0 radical (unpaired) electrons. The molecule has 1 saturated heterocycles. The van der Waals surface area contributed by atoms with Crippen LogP contribution >= 0.6 is 0 Å². The summed E-state index contributed by atoms with van der Waals surface area (Å²) in [5.74, 6) is 2.29. The molecule has 2 N–H and O–H groups in total. The van der Waals surface area contributed by atoms with Crippen LogP contribution in [0.25, 0.3) is 0 Å². The smallest absolute Gasteiger partial charge is 0.0195 e. The summed E-state index contributed by atoms with van der Waals surface area (Å²) in [6.45, 7) is 13.1. The van der Waals surface area contributed by atoms with Crippen molar-refractivity contribution in [2.45, 2.75) is 58.7 Å². The van der Waals surface area contributed by atoms with E-state index in [0.29, 0.717) is 24.0 Å². The van der Waals surface area contributed by atoms with Crippen molar-refractivity contribution in [3.63, 3.8) is 0 Å². The molecule has 1 aliphatic carbocycles. The summed E-state index contributed by atoms with van der Waals surface area (Å²) in [7, 11) is 2.25. The van der Waals surface area contributed by atoms with Crippen LogP contribution in [0.4, 0.5) is 0 Å². The van der Waals surface area contributed by atoms with E-state index in [0.717, 1.165) is 11.8 Å². The molecular weight excluding hydrogens is 234 g/mol. The topological polar surface area (TPSA) is 32.5 Å². The van der Waals surface area contributed by atoms with Gasteiger partial charge in [0.2, 0.25) is 0 Å². The molecule has 0 bridgehead atoms. The van der Waals surface area contributed by atoms with E-state index in [4.69, 9.17) is 5.73 Å². The fraction of sp³-hybridized carbons (Fsp3) is 1.00. The molecule has 1 heterocycles. The number of hydrogen-bond acceptors (Lipinski definition) is 3. The van der Waals surface area contributed by atoms with Gasteiger partial charge in [-0.3, -0.25) is 9.80 Å². The molecule has 112 valence electrons. The predicted molar refractivity (Wildman–Crippen MR) is 82.2 cm³/mol. The van der Waals surface area contributed by atoms with E-state index in [2.05, 4.69) is 44.5 Å². The number of rotatable bonds is 2. The predicted octanol–water partition coefficient (Wildman–Crippen LogP) is 2.02. The van der Waals surface area contributed by atoms with Crippen LogP contribution in [-0.2, 0) is 0 Å². The molecule has 0 aromatic rings. The number of hydrogen-bond donors (Lipinski definition) is 1. The van der Waals surface area contributed by atoms with Crippen molar-refractivity contribution in [3.8, 4) is 0 Å². The molecule has 3 heteroatoms. The number of nitrogens with zero attached hydrogens (tertiary/aromatic N) is 2. The van der Waals surface area contributed by atoms with Gasteiger partial charge in [0, 0.05) is 37.8 Å². The van der Waals surface area contributed by atoms with Gasteiger partial charge >= 0.3 is 0 Å². The first kappa shape index (κ1) is 15.3. The van der Waals surface area contributed by atoms with E-state index in [1.807, 2.05) is 0 Å². The Bertz CT molecular complexity index is 270.